The Kier molecular flexibility index (Phi) is 4.63. The van der Waals surface area contributed by atoms with E-state index in [9.17, 15) is 8.42 Å². The molecule has 0 aliphatic carbocycles. The van der Waals surface area contributed by atoms with Crippen LogP contribution in [0.25, 0.3) is 0 Å². The van der Waals surface area contributed by atoms with Crippen molar-refractivity contribution in [3.63, 3.8) is 0 Å². The lowest BCUT2D eigenvalue weighted by atomic mass is 10.3. The highest BCUT2D eigenvalue weighted by atomic mass is 32.2. The van der Waals surface area contributed by atoms with Gasteiger partial charge in [-0.2, -0.15) is 0 Å². The molecule has 0 atom stereocenters. The van der Waals surface area contributed by atoms with Crippen molar-refractivity contribution in [1.82, 2.24) is 0 Å². The van der Waals surface area contributed by atoms with E-state index in [0.29, 0.717) is 13.0 Å². The summed E-state index contributed by atoms with van der Waals surface area (Å²) in [5.41, 5.74) is 0. The van der Waals surface area contributed by atoms with E-state index in [0.717, 1.165) is 5.75 Å². The predicted octanol–water partition coefficient (Wildman–Crippen LogP) is 2.64. The summed E-state index contributed by atoms with van der Waals surface area (Å²) < 4.78 is 29.5. The maximum Gasteiger partial charge on any atom is 0.178 e. The fraction of sp³-hybridized carbons (Fsp3) is 0.200. The number of benzene rings is 2. The van der Waals surface area contributed by atoms with Gasteiger partial charge in [0.1, 0.15) is 11.5 Å². The molecule has 0 aromatic heterocycles. The molecule has 0 fully saturated rings. The summed E-state index contributed by atoms with van der Waals surface area (Å²) in [6.45, 7) is 0.349. The van der Waals surface area contributed by atoms with E-state index in [1.54, 1.807) is 0 Å². The van der Waals surface area contributed by atoms with Gasteiger partial charge in [0.25, 0.3) is 0 Å². The predicted molar refractivity (Wildman–Crippen MR) is 76.7 cm³/mol. The lowest BCUT2D eigenvalue weighted by molar-refractivity contribution is 0.317. The number of phenolic OH excluding ortho intramolecular Hbond substituents is 1. The topological polar surface area (TPSA) is 63.6 Å². The number of sulfone groups is 1. The fourth-order valence-electron chi connectivity index (χ4n) is 1.73. The first-order valence-corrected chi connectivity index (χ1v) is 7.93. The molecule has 106 valence electrons. The fourth-order valence-corrected chi connectivity index (χ4v) is 3.01. The molecule has 5 heteroatoms. The van der Waals surface area contributed by atoms with Crippen molar-refractivity contribution >= 4 is 9.84 Å². The summed E-state index contributed by atoms with van der Waals surface area (Å²) in [5.74, 6) is 0.802. The SMILES string of the molecule is O=S(=O)(CCCOc1ccccc1)c1ccc(O)cc1. The molecular weight excluding hydrogens is 276 g/mol. The summed E-state index contributed by atoms with van der Waals surface area (Å²) in [6, 6.07) is 14.8. The van der Waals surface area contributed by atoms with Gasteiger partial charge in [0.05, 0.1) is 17.3 Å². The molecule has 0 heterocycles. The van der Waals surface area contributed by atoms with Crippen LogP contribution in [0, 0.1) is 0 Å². The van der Waals surface area contributed by atoms with Gasteiger partial charge in [-0.25, -0.2) is 8.42 Å². The van der Waals surface area contributed by atoms with Crippen LogP contribution < -0.4 is 4.74 Å². The molecule has 4 nitrogen and oxygen atoms in total. The Bertz CT molecular complexity index is 633. The highest BCUT2D eigenvalue weighted by molar-refractivity contribution is 7.91. The Labute approximate surface area is 118 Å². The van der Waals surface area contributed by atoms with E-state index < -0.39 is 9.84 Å². The van der Waals surface area contributed by atoms with Gasteiger partial charge in [0.2, 0.25) is 0 Å². The van der Waals surface area contributed by atoms with Crippen LogP contribution in [-0.4, -0.2) is 25.9 Å². The van der Waals surface area contributed by atoms with Crippen LogP contribution in [0.1, 0.15) is 6.42 Å². The molecule has 0 spiro atoms. The van der Waals surface area contributed by atoms with Crippen molar-refractivity contribution in [3.8, 4) is 11.5 Å². The molecule has 0 bridgehead atoms. The van der Waals surface area contributed by atoms with Gasteiger partial charge >= 0.3 is 0 Å². The average Bonchev–Trinajstić information content (AvgIpc) is 2.45. The van der Waals surface area contributed by atoms with Gasteiger partial charge in [0, 0.05) is 0 Å². The largest absolute Gasteiger partial charge is 0.508 e. The summed E-state index contributed by atoms with van der Waals surface area (Å²) in [5, 5.41) is 9.15. The summed E-state index contributed by atoms with van der Waals surface area (Å²) in [4.78, 5) is 0.218. The van der Waals surface area contributed by atoms with Crippen LogP contribution in [0.15, 0.2) is 59.5 Å². The molecule has 0 amide bonds. The molecule has 2 rings (SSSR count). The van der Waals surface area contributed by atoms with Crippen LogP contribution in [0.5, 0.6) is 11.5 Å². The molecular formula is C15H16O4S. The molecule has 2 aromatic carbocycles. The quantitative estimate of drug-likeness (QED) is 0.831. The Balaban J connectivity index is 1.85. The highest BCUT2D eigenvalue weighted by Gasteiger charge is 2.13. The minimum atomic E-state index is -3.32. The van der Waals surface area contributed by atoms with Crippen LogP contribution in [0.3, 0.4) is 0 Å². The minimum Gasteiger partial charge on any atom is -0.508 e. The van der Waals surface area contributed by atoms with Crippen LogP contribution in [0.4, 0.5) is 0 Å². The third-order valence-corrected chi connectivity index (χ3v) is 4.58. The normalized spacial score (nSPS) is 11.2. The lowest BCUT2D eigenvalue weighted by Gasteiger charge is -2.07. The van der Waals surface area contributed by atoms with Crippen molar-refractivity contribution in [3.05, 3.63) is 54.6 Å². The summed E-state index contributed by atoms with van der Waals surface area (Å²) >= 11 is 0. The molecule has 0 saturated carbocycles. The molecule has 0 aliphatic heterocycles. The number of hydrogen-bond donors (Lipinski definition) is 1. The van der Waals surface area contributed by atoms with Crippen molar-refractivity contribution in [2.75, 3.05) is 12.4 Å². The number of aromatic hydroxyl groups is 1. The third-order valence-electron chi connectivity index (χ3n) is 2.77. The van der Waals surface area contributed by atoms with Crippen LogP contribution in [-0.2, 0) is 9.84 Å². The van der Waals surface area contributed by atoms with E-state index in [4.69, 9.17) is 9.84 Å². The van der Waals surface area contributed by atoms with Crippen molar-refractivity contribution in [2.45, 2.75) is 11.3 Å². The van der Waals surface area contributed by atoms with E-state index in [1.165, 1.54) is 24.3 Å². The Hall–Kier alpha value is -2.01. The van der Waals surface area contributed by atoms with Gasteiger partial charge in [0.15, 0.2) is 9.84 Å². The van der Waals surface area contributed by atoms with Crippen LogP contribution in [0.2, 0.25) is 0 Å². The first-order valence-electron chi connectivity index (χ1n) is 6.27. The first-order chi connectivity index (χ1) is 9.58. The minimum absolute atomic E-state index is 0.0185. The average molecular weight is 292 g/mol. The molecule has 20 heavy (non-hydrogen) atoms. The molecule has 0 aliphatic rings. The maximum atomic E-state index is 12.0. The molecule has 2 aromatic rings. The van der Waals surface area contributed by atoms with E-state index in [-0.39, 0.29) is 16.4 Å². The summed E-state index contributed by atoms with van der Waals surface area (Å²) in [7, 11) is -3.32. The number of phenols is 1. The Morgan fingerprint density at radius 2 is 1.60 bits per heavy atom. The molecule has 1 N–H and O–H groups in total. The number of para-hydroxylation sites is 1. The second kappa shape index (κ2) is 6.43. The summed E-state index contributed by atoms with van der Waals surface area (Å²) in [6.07, 6.45) is 0.415. The van der Waals surface area contributed by atoms with Gasteiger partial charge in [-0.3, -0.25) is 0 Å². The zero-order chi connectivity index (χ0) is 14.4. The standard InChI is InChI=1S/C15H16O4S/c16-13-7-9-15(10-8-13)20(17,18)12-4-11-19-14-5-2-1-3-6-14/h1-3,5-10,16H,4,11-12H2. The van der Waals surface area contributed by atoms with Gasteiger partial charge in [-0.15, -0.1) is 0 Å². The number of hydrogen-bond acceptors (Lipinski definition) is 4. The zero-order valence-corrected chi connectivity index (χ0v) is 11.7. The van der Waals surface area contributed by atoms with Gasteiger partial charge < -0.3 is 9.84 Å². The lowest BCUT2D eigenvalue weighted by Crippen LogP contribution is -2.10. The van der Waals surface area contributed by atoms with Gasteiger partial charge in [-0.1, -0.05) is 18.2 Å². The Morgan fingerprint density at radius 1 is 0.950 bits per heavy atom. The zero-order valence-electron chi connectivity index (χ0n) is 10.9. The monoisotopic (exact) mass is 292 g/mol. The Morgan fingerprint density at radius 3 is 2.25 bits per heavy atom. The van der Waals surface area contributed by atoms with Crippen molar-refractivity contribution in [2.24, 2.45) is 0 Å². The van der Waals surface area contributed by atoms with E-state index in [1.807, 2.05) is 30.3 Å². The maximum absolute atomic E-state index is 12.0. The van der Waals surface area contributed by atoms with Crippen LogP contribution >= 0.6 is 0 Å². The van der Waals surface area contributed by atoms with E-state index in [2.05, 4.69) is 0 Å². The third kappa shape index (κ3) is 3.99. The van der Waals surface area contributed by atoms with Gasteiger partial charge in [-0.05, 0) is 42.8 Å². The van der Waals surface area contributed by atoms with Crippen molar-refractivity contribution < 1.29 is 18.3 Å². The first kappa shape index (κ1) is 14.4. The molecule has 0 saturated heterocycles. The number of rotatable bonds is 6. The van der Waals surface area contributed by atoms with Crippen molar-refractivity contribution in [1.29, 1.82) is 0 Å². The molecule has 0 unspecified atom stereocenters. The highest BCUT2D eigenvalue weighted by Crippen LogP contribution is 2.16. The second-order valence-electron chi connectivity index (χ2n) is 4.33. The van der Waals surface area contributed by atoms with E-state index >= 15 is 0 Å². The molecule has 0 radical (unpaired) electrons. The number of ether oxygens (including phenoxy) is 1. The smallest absolute Gasteiger partial charge is 0.178 e. The second-order valence-corrected chi connectivity index (χ2v) is 6.44.